The number of aliphatic hydroxyl groups is 1. The van der Waals surface area contributed by atoms with Gasteiger partial charge in [0, 0.05) is 0 Å². The predicted octanol–water partition coefficient (Wildman–Crippen LogP) is 3.03. The molecule has 2 aliphatic carbocycles. The van der Waals surface area contributed by atoms with E-state index in [1.165, 1.54) is 32.1 Å². The number of hydrogen-bond donors (Lipinski definition) is 1. The first kappa shape index (κ1) is 22.5. The molecule has 0 spiro atoms. The van der Waals surface area contributed by atoms with E-state index in [9.17, 15) is 5.11 Å². The van der Waals surface area contributed by atoms with Crippen LogP contribution in [0, 0.1) is 17.8 Å². The average molecular weight is 305 g/mol. The molecule has 2 rings (SSSR count). The van der Waals surface area contributed by atoms with Crippen molar-refractivity contribution in [1.29, 1.82) is 0 Å². The lowest BCUT2D eigenvalue weighted by molar-refractivity contribution is 0.102. The van der Waals surface area contributed by atoms with Crippen molar-refractivity contribution in [2.45, 2.75) is 51.6 Å². The first-order chi connectivity index (χ1) is 5.81. The summed E-state index contributed by atoms with van der Waals surface area (Å²) in [7, 11) is 0. The molecule has 4 atom stereocenters. The Kier molecular flexibility index (Phi) is 14.5. The quantitative estimate of drug-likeness (QED) is 0.831. The van der Waals surface area contributed by atoms with Crippen LogP contribution >= 0.6 is 54.0 Å². The van der Waals surface area contributed by atoms with Gasteiger partial charge in [0.2, 0.25) is 0 Å². The first-order valence-corrected chi connectivity index (χ1v) is 5.49. The number of hydrogen-bond acceptors (Lipinski definition) is 1. The van der Waals surface area contributed by atoms with E-state index in [2.05, 4.69) is 6.92 Å². The number of aliphatic hydroxyl groups excluding tert-OH is 1. The van der Waals surface area contributed by atoms with E-state index in [0.29, 0.717) is 5.92 Å². The lowest BCUT2D eigenvalue weighted by Gasteiger charge is -2.16. The van der Waals surface area contributed by atoms with Crippen LogP contribution in [0.3, 0.4) is 0 Å². The summed E-state index contributed by atoms with van der Waals surface area (Å²) in [5, 5.41) is 9.71. The molecule has 1 nitrogen and oxygen atoms in total. The number of fused-ring (bicyclic) bond motifs is 1. The van der Waals surface area contributed by atoms with Crippen molar-refractivity contribution < 1.29 is 5.11 Å². The Morgan fingerprint density at radius 1 is 1.00 bits per heavy atom. The summed E-state index contributed by atoms with van der Waals surface area (Å²) in [5.74, 6) is 2.61. The molecule has 5 heteroatoms. The van der Waals surface area contributed by atoms with Crippen LogP contribution in [-0.2, 0) is 0 Å². The van der Waals surface area contributed by atoms with Crippen molar-refractivity contribution in [3.05, 3.63) is 0 Å². The third-order valence-electron chi connectivity index (χ3n) is 3.99. The summed E-state index contributed by atoms with van der Waals surface area (Å²) in [5.41, 5.74) is 0. The number of rotatable bonds is 2. The van der Waals surface area contributed by atoms with Crippen molar-refractivity contribution in [3.63, 3.8) is 0 Å². The predicted molar refractivity (Wildman–Crippen MR) is 91.4 cm³/mol. The van der Waals surface area contributed by atoms with Gasteiger partial charge in [0.15, 0.2) is 0 Å². The maximum atomic E-state index is 9.71. The zero-order chi connectivity index (χ0) is 8.55. The Morgan fingerprint density at radius 3 is 1.81 bits per heavy atom. The van der Waals surface area contributed by atoms with Crippen molar-refractivity contribution >= 4 is 54.0 Å². The lowest BCUT2D eigenvalue weighted by atomic mass is 9.96. The molecule has 0 heterocycles. The standard InChI is InChI=1S/C11H20O.4H2S/c1-2-11(12)10-6-8-4-3-5-9(8)7-10;;;;/h8-12H,2-7H2,1H3;4*1H2/t8-,9+,10?,11-;;;;/m1..../s1. The maximum Gasteiger partial charge on any atom is 0.0566 e. The van der Waals surface area contributed by atoms with Crippen LogP contribution in [0.5, 0.6) is 0 Å². The van der Waals surface area contributed by atoms with Crippen LogP contribution < -0.4 is 0 Å². The third kappa shape index (κ3) is 4.92. The van der Waals surface area contributed by atoms with E-state index in [-0.39, 0.29) is 60.1 Å². The van der Waals surface area contributed by atoms with Crippen LogP contribution in [0.15, 0.2) is 0 Å². The molecule has 0 amide bonds. The van der Waals surface area contributed by atoms with Crippen LogP contribution in [0.4, 0.5) is 0 Å². The summed E-state index contributed by atoms with van der Waals surface area (Å²) in [6.07, 6.45) is 7.92. The molecule has 0 aromatic heterocycles. The van der Waals surface area contributed by atoms with Crippen LogP contribution in [0.1, 0.15) is 45.4 Å². The SMILES string of the molecule is CC[C@@H](O)C1C[C@H]2CCC[C@H]2C1.S.S.S.S. The molecule has 2 saturated carbocycles. The fraction of sp³-hybridized carbons (Fsp3) is 1.00. The Labute approximate surface area is 128 Å². The highest BCUT2D eigenvalue weighted by Crippen LogP contribution is 2.47. The van der Waals surface area contributed by atoms with Gasteiger partial charge in [-0.2, -0.15) is 54.0 Å². The minimum Gasteiger partial charge on any atom is -0.393 e. The van der Waals surface area contributed by atoms with Crippen LogP contribution in [-0.4, -0.2) is 11.2 Å². The van der Waals surface area contributed by atoms with Crippen molar-refractivity contribution in [2.75, 3.05) is 0 Å². The van der Waals surface area contributed by atoms with Gasteiger partial charge in [-0.25, -0.2) is 0 Å². The Morgan fingerprint density at radius 2 is 1.44 bits per heavy atom. The molecule has 0 bridgehead atoms. The van der Waals surface area contributed by atoms with E-state index < -0.39 is 0 Å². The molecule has 16 heavy (non-hydrogen) atoms. The minimum atomic E-state index is -0.00407. The largest absolute Gasteiger partial charge is 0.393 e. The molecule has 1 N–H and O–H groups in total. The van der Waals surface area contributed by atoms with Gasteiger partial charge in [-0.15, -0.1) is 0 Å². The fourth-order valence-corrected chi connectivity index (χ4v) is 3.26. The van der Waals surface area contributed by atoms with Gasteiger partial charge in [0.1, 0.15) is 0 Å². The molecule has 0 aliphatic heterocycles. The molecule has 0 saturated heterocycles. The van der Waals surface area contributed by atoms with E-state index in [4.69, 9.17) is 0 Å². The minimum absolute atomic E-state index is 0. The van der Waals surface area contributed by atoms with E-state index in [1.807, 2.05) is 0 Å². The van der Waals surface area contributed by atoms with E-state index in [1.54, 1.807) is 0 Å². The normalized spacial score (nSPS) is 32.2. The van der Waals surface area contributed by atoms with Crippen LogP contribution in [0.2, 0.25) is 0 Å². The molecule has 0 aromatic rings. The highest BCUT2D eigenvalue weighted by molar-refractivity contribution is 7.59. The lowest BCUT2D eigenvalue weighted by Crippen LogP contribution is -2.16. The molecular weight excluding hydrogens is 276 g/mol. The molecular formula is C11H28OS4. The molecule has 1 unspecified atom stereocenters. The second-order valence-electron chi connectivity index (χ2n) is 4.66. The van der Waals surface area contributed by atoms with Gasteiger partial charge in [0.25, 0.3) is 0 Å². The second-order valence-corrected chi connectivity index (χ2v) is 4.66. The molecule has 0 aromatic carbocycles. The van der Waals surface area contributed by atoms with Crippen LogP contribution in [0.25, 0.3) is 0 Å². The summed E-state index contributed by atoms with van der Waals surface area (Å²) >= 11 is 0. The summed E-state index contributed by atoms with van der Waals surface area (Å²) in [4.78, 5) is 0. The van der Waals surface area contributed by atoms with Gasteiger partial charge in [0.05, 0.1) is 6.10 Å². The summed E-state index contributed by atoms with van der Waals surface area (Å²) in [6.45, 7) is 2.10. The summed E-state index contributed by atoms with van der Waals surface area (Å²) in [6, 6.07) is 0. The van der Waals surface area contributed by atoms with Crippen molar-refractivity contribution in [2.24, 2.45) is 17.8 Å². The fourth-order valence-electron chi connectivity index (χ4n) is 3.26. The van der Waals surface area contributed by atoms with Gasteiger partial charge in [-0.1, -0.05) is 26.2 Å². The Bertz CT molecular complexity index is 156. The zero-order valence-electron chi connectivity index (χ0n) is 10.00. The maximum absolute atomic E-state index is 9.71. The average Bonchev–Trinajstić information content (AvgIpc) is 2.60. The van der Waals surface area contributed by atoms with Gasteiger partial charge >= 0.3 is 0 Å². The topological polar surface area (TPSA) is 20.2 Å². The molecule has 2 fully saturated rings. The first-order valence-electron chi connectivity index (χ1n) is 5.49. The highest BCUT2D eigenvalue weighted by atomic mass is 32.1. The smallest absolute Gasteiger partial charge is 0.0566 e. The third-order valence-corrected chi connectivity index (χ3v) is 3.99. The highest BCUT2D eigenvalue weighted by Gasteiger charge is 2.39. The Balaban J connectivity index is -0.000000422. The van der Waals surface area contributed by atoms with E-state index >= 15 is 0 Å². The van der Waals surface area contributed by atoms with E-state index in [0.717, 1.165) is 18.3 Å². The second kappa shape index (κ2) is 10.3. The van der Waals surface area contributed by atoms with Gasteiger partial charge in [-0.3, -0.25) is 0 Å². The zero-order valence-corrected chi connectivity index (χ0v) is 14.0. The molecule has 0 radical (unpaired) electrons. The van der Waals surface area contributed by atoms with Crippen molar-refractivity contribution in [3.8, 4) is 0 Å². The monoisotopic (exact) mass is 304 g/mol. The molecule has 2 aliphatic rings. The van der Waals surface area contributed by atoms with Crippen molar-refractivity contribution in [1.82, 2.24) is 0 Å². The van der Waals surface area contributed by atoms with Gasteiger partial charge in [-0.05, 0) is 37.0 Å². The molecule has 102 valence electrons. The Hall–Kier alpha value is 1.36. The van der Waals surface area contributed by atoms with Gasteiger partial charge < -0.3 is 5.11 Å². The summed E-state index contributed by atoms with van der Waals surface area (Å²) < 4.78 is 0.